The minimum atomic E-state index is -1.59. The molecule has 2 aromatic heterocycles. The predicted molar refractivity (Wildman–Crippen MR) is 216 cm³/mol. The number of thiophene rings is 1. The Balaban J connectivity index is 0.000000361. The van der Waals surface area contributed by atoms with E-state index in [2.05, 4.69) is 96.7 Å². The standard InChI is InChI=1S/C30H33N2SSi.C13H24O2.Ir/c1-18-11-21-14-22(15-26(34(6,7)8)24(21)12-19(18)2)27-29-28(32-17-31-27)23-10-9-20(13-25(23)33-29)16-30(3,4)5;1-5-10(6-2)12(14)9-13(15)11(7-3)8-4;/h9-13,15,17H,16H2,1-8H3;9-11,14H,5-8H2,1-4H3;/q-1;;/b;12-9-;. The molecule has 0 amide bonds. The number of aliphatic hydroxyl groups is 1. The number of carbonyl (C=O) groups excluding carboxylic acids is 1. The molecule has 271 valence electrons. The van der Waals surface area contributed by atoms with E-state index in [1.54, 1.807) is 6.33 Å². The van der Waals surface area contributed by atoms with Gasteiger partial charge in [-0.15, -0.1) is 40.1 Å². The topological polar surface area (TPSA) is 63.1 Å². The van der Waals surface area contributed by atoms with Crippen LogP contribution >= 0.6 is 11.3 Å². The van der Waals surface area contributed by atoms with Crippen molar-refractivity contribution in [1.29, 1.82) is 0 Å². The zero-order chi connectivity index (χ0) is 36.3. The van der Waals surface area contributed by atoms with Crippen LogP contribution in [0.2, 0.25) is 19.6 Å². The number of ketones is 1. The first-order chi connectivity index (χ1) is 23.0. The SMILES string of the molecule is CCC(CC)C(=O)/C=C(\O)C(CC)CC.Cc1cc2[c-]c(-c3ncnc4c3sc3cc(CC(C)(C)C)ccc34)cc([Si](C)(C)C)c2cc1C.[Ir]. The maximum atomic E-state index is 11.7. The Morgan fingerprint density at radius 2 is 1.52 bits per heavy atom. The summed E-state index contributed by atoms with van der Waals surface area (Å²) in [5, 5.41) is 15.0. The fourth-order valence-electron chi connectivity index (χ4n) is 6.61. The molecule has 50 heavy (non-hydrogen) atoms. The number of carbonyl (C=O) groups is 1. The molecule has 0 aliphatic rings. The third-order valence-corrected chi connectivity index (χ3v) is 12.9. The molecule has 1 radical (unpaired) electrons. The van der Waals surface area contributed by atoms with E-state index in [9.17, 15) is 9.90 Å². The molecule has 1 N–H and O–H groups in total. The number of hydrogen-bond donors (Lipinski definition) is 1. The van der Waals surface area contributed by atoms with Gasteiger partial charge in [0.05, 0.1) is 19.3 Å². The molecule has 0 unspecified atom stereocenters. The zero-order valence-electron chi connectivity index (χ0n) is 32.3. The minimum absolute atomic E-state index is 0. The smallest absolute Gasteiger partial charge is 0.162 e. The summed E-state index contributed by atoms with van der Waals surface area (Å²) in [5.41, 5.74) is 7.43. The summed E-state index contributed by atoms with van der Waals surface area (Å²) in [5.74, 6) is 0.547. The fraction of sp³-hybridized carbons (Fsp3) is 0.465. The summed E-state index contributed by atoms with van der Waals surface area (Å²) >= 11 is 1.81. The van der Waals surface area contributed by atoms with Gasteiger partial charge in [0.15, 0.2) is 5.78 Å². The van der Waals surface area contributed by atoms with Crippen molar-refractivity contribution in [3.8, 4) is 11.3 Å². The second kappa shape index (κ2) is 17.2. The van der Waals surface area contributed by atoms with E-state index in [0.717, 1.165) is 53.6 Å². The van der Waals surface area contributed by atoms with Crippen LogP contribution in [0.3, 0.4) is 0 Å². The first kappa shape index (κ1) is 41.7. The predicted octanol–water partition coefficient (Wildman–Crippen LogP) is 12.1. The average molecular weight is 886 g/mol. The monoisotopic (exact) mass is 886 g/mol. The van der Waals surface area contributed by atoms with Crippen molar-refractivity contribution in [2.45, 2.75) is 114 Å². The van der Waals surface area contributed by atoms with Crippen LogP contribution in [0.15, 0.2) is 54.6 Å². The van der Waals surface area contributed by atoms with E-state index in [-0.39, 0.29) is 48.9 Å². The van der Waals surface area contributed by atoms with Crippen molar-refractivity contribution < 1.29 is 30.0 Å². The van der Waals surface area contributed by atoms with Crippen LogP contribution in [0.4, 0.5) is 0 Å². The molecule has 4 nitrogen and oxygen atoms in total. The summed E-state index contributed by atoms with van der Waals surface area (Å²) in [6.07, 6.45) is 7.69. The van der Waals surface area contributed by atoms with Crippen molar-refractivity contribution in [1.82, 2.24) is 9.97 Å². The zero-order valence-corrected chi connectivity index (χ0v) is 36.5. The van der Waals surface area contributed by atoms with Crippen molar-refractivity contribution in [2.24, 2.45) is 17.3 Å². The van der Waals surface area contributed by atoms with Gasteiger partial charge in [0, 0.05) is 58.5 Å². The molecule has 3 aromatic carbocycles. The van der Waals surface area contributed by atoms with Crippen molar-refractivity contribution in [3.05, 3.63) is 77.3 Å². The Hall–Kier alpha value is -2.70. The van der Waals surface area contributed by atoms with Gasteiger partial charge in [-0.25, -0.2) is 4.98 Å². The summed E-state index contributed by atoms with van der Waals surface area (Å²) in [7, 11) is -1.59. The van der Waals surface area contributed by atoms with Crippen LogP contribution < -0.4 is 5.19 Å². The Morgan fingerprint density at radius 1 is 0.900 bits per heavy atom. The number of rotatable bonds is 10. The van der Waals surface area contributed by atoms with E-state index in [1.165, 1.54) is 48.8 Å². The summed E-state index contributed by atoms with van der Waals surface area (Å²) < 4.78 is 2.45. The van der Waals surface area contributed by atoms with E-state index in [0.29, 0.717) is 0 Å². The van der Waals surface area contributed by atoms with Crippen molar-refractivity contribution >= 4 is 61.5 Å². The molecule has 7 heteroatoms. The van der Waals surface area contributed by atoms with Crippen molar-refractivity contribution in [2.75, 3.05) is 0 Å². The van der Waals surface area contributed by atoms with Gasteiger partial charge < -0.3 is 5.11 Å². The first-order valence-corrected chi connectivity index (χ1v) is 22.4. The number of aromatic nitrogens is 2. The maximum absolute atomic E-state index is 11.7. The van der Waals surface area contributed by atoms with Gasteiger partial charge in [-0.05, 0) is 63.0 Å². The molecule has 0 saturated heterocycles. The molecule has 5 aromatic rings. The summed E-state index contributed by atoms with van der Waals surface area (Å²) in [6.45, 7) is 26.6. The Labute approximate surface area is 319 Å². The molecule has 0 fully saturated rings. The van der Waals surface area contributed by atoms with Gasteiger partial charge in [0.25, 0.3) is 0 Å². The van der Waals surface area contributed by atoms with Gasteiger partial charge in [0.1, 0.15) is 6.33 Å². The number of allylic oxidation sites excluding steroid dienone is 2. The van der Waals surface area contributed by atoms with Crippen LogP contribution in [0.5, 0.6) is 0 Å². The van der Waals surface area contributed by atoms with Crippen LogP contribution in [0.25, 0.3) is 42.3 Å². The van der Waals surface area contributed by atoms with Gasteiger partial charge in [0.2, 0.25) is 0 Å². The van der Waals surface area contributed by atoms with E-state index in [1.807, 2.05) is 39.0 Å². The molecular weight excluding hydrogens is 829 g/mol. The number of nitrogens with zero attached hydrogens (tertiary/aromatic N) is 2. The van der Waals surface area contributed by atoms with E-state index < -0.39 is 8.07 Å². The number of aliphatic hydroxyl groups excluding tert-OH is 1. The first-order valence-electron chi connectivity index (χ1n) is 18.1. The van der Waals surface area contributed by atoms with Crippen molar-refractivity contribution in [3.63, 3.8) is 0 Å². The Bertz CT molecular complexity index is 1980. The van der Waals surface area contributed by atoms with Crippen LogP contribution in [0, 0.1) is 37.2 Å². The van der Waals surface area contributed by atoms with E-state index in [4.69, 9.17) is 9.97 Å². The number of fused-ring (bicyclic) bond motifs is 4. The van der Waals surface area contributed by atoms with Crippen LogP contribution in [-0.2, 0) is 31.3 Å². The van der Waals surface area contributed by atoms with Gasteiger partial charge >= 0.3 is 0 Å². The number of hydrogen-bond acceptors (Lipinski definition) is 5. The molecular formula is C43H57IrN2O2SSi-. The quantitative estimate of drug-likeness (QED) is 0.0657. The maximum Gasteiger partial charge on any atom is 0.162 e. The molecule has 0 spiro atoms. The molecule has 0 bridgehead atoms. The van der Waals surface area contributed by atoms with E-state index >= 15 is 0 Å². The summed E-state index contributed by atoms with van der Waals surface area (Å²) in [6, 6.07) is 17.6. The van der Waals surface area contributed by atoms with Crippen LogP contribution in [0.1, 0.15) is 90.8 Å². The van der Waals surface area contributed by atoms with Gasteiger partial charge in [-0.3, -0.25) is 9.78 Å². The van der Waals surface area contributed by atoms with Gasteiger partial charge in [-0.1, -0.05) is 108 Å². The third kappa shape index (κ3) is 9.79. The third-order valence-electron chi connectivity index (χ3n) is 9.68. The average Bonchev–Trinajstić information content (AvgIpc) is 3.39. The second-order valence-electron chi connectivity index (χ2n) is 15.9. The molecule has 0 atom stereocenters. The van der Waals surface area contributed by atoms with Crippen LogP contribution in [-0.4, -0.2) is 28.9 Å². The molecule has 0 aliphatic carbocycles. The number of benzene rings is 3. The van der Waals surface area contributed by atoms with Gasteiger partial charge in [-0.2, -0.15) is 0 Å². The Morgan fingerprint density at radius 3 is 2.10 bits per heavy atom. The second-order valence-corrected chi connectivity index (χ2v) is 22.0. The molecule has 2 heterocycles. The minimum Gasteiger partial charge on any atom is -0.512 e. The number of aryl methyl sites for hydroxylation is 2. The molecule has 0 saturated carbocycles. The normalized spacial score (nSPS) is 12.5. The molecule has 0 aliphatic heterocycles. The summed E-state index contributed by atoms with van der Waals surface area (Å²) in [4.78, 5) is 21.2. The molecule has 5 rings (SSSR count). The largest absolute Gasteiger partial charge is 0.512 e. The Kier molecular flexibility index (Phi) is 14.4. The fourth-order valence-corrected chi connectivity index (χ4v) is 9.42.